The Labute approximate surface area is 151 Å². The molecule has 0 saturated carbocycles. The number of fused-ring (bicyclic) bond motifs is 1. The Bertz CT molecular complexity index is 556. The van der Waals surface area contributed by atoms with E-state index in [2.05, 4.69) is 30.5 Å². The second-order valence-corrected chi connectivity index (χ2v) is 7.46. The lowest BCUT2D eigenvalue weighted by molar-refractivity contribution is -0.122. The van der Waals surface area contributed by atoms with E-state index in [0.717, 1.165) is 37.2 Å². The number of carbonyl (C=O) groups is 1. The first kappa shape index (κ1) is 19.1. The number of para-hydroxylation sites is 1. The molecular formula is C19H29ClN2O2. The molecule has 24 heavy (non-hydrogen) atoms. The van der Waals surface area contributed by atoms with Crippen LogP contribution in [-0.2, 0) is 4.79 Å². The summed E-state index contributed by atoms with van der Waals surface area (Å²) in [5, 5.41) is 6.61. The van der Waals surface area contributed by atoms with Crippen LogP contribution in [0.5, 0.6) is 5.75 Å². The van der Waals surface area contributed by atoms with E-state index in [0.29, 0.717) is 12.3 Å². The Morgan fingerprint density at radius 2 is 2.00 bits per heavy atom. The summed E-state index contributed by atoms with van der Waals surface area (Å²) in [5.74, 6) is 1.76. The highest BCUT2D eigenvalue weighted by Gasteiger charge is 2.34. The highest BCUT2D eigenvalue weighted by molar-refractivity contribution is 5.85. The van der Waals surface area contributed by atoms with E-state index < -0.39 is 0 Å². The van der Waals surface area contributed by atoms with E-state index in [9.17, 15) is 4.79 Å². The molecule has 1 aromatic rings. The predicted octanol–water partition coefficient (Wildman–Crippen LogP) is 3.61. The minimum absolute atomic E-state index is 0. The van der Waals surface area contributed by atoms with Crippen LogP contribution in [0.2, 0.25) is 0 Å². The molecule has 0 radical (unpaired) electrons. The highest BCUT2D eigenvalue weighted by Crippen LogP contribution is 2.39. The number of halogens is 1. The standard InChI is InChI=1S/C19H28N2O2.ClH/c1-19(2)13-16(15-5-3-4-6-17(15)23-19)21-18(22)8-7-14-9-11-20-12-10-14;/h3-6,14,16,20H,7-13H2,1-2H3,(H,21,22);1H. The van der Waals surface area contributed by atoms with Crippen LogP contribution >= 0.6 is 12.4 Å². The number of rotatable bonds is 4. The Balaban J connectivity index is 0.00000208. The van der Waals surface area contributed by atoms with Gasteiger partial charge in [0.15, 0.2) is 0 Å². The van der Waals surface area contributed by atoms with Crippen molar-refractivity contribution in [2.75, 3.05) is 13.1 Å². The number of amides is 1. The second-order valence-electron chi connectivity index (χ2n) is 7.46. The molecule has 1 amide bonds. The molecule has 134 valence electrons. The average Bonchev–Trinajstić information content (AvgIpc) is 2.53. The molecule has 0 spiro atoms. The molecule has 1 aromatic carbocycles. The van der Waals surface area contributed by atoms with Gasteiger partial charge in [-0.15, -0.1) is 12.4 Å². The summed E-state index contributed by atoms with van der Waals surface area (Å²) in [5.41, 5.74) is 0.850. The second kappa shape index (κ2) is 8.21. The average molecular weight is 353 g/mol. The lowest BCUT2D eigenvalue weighted by atomic mass is 9.89. The zero-order chi connectivity index (χ0) is 16.3. The van der Waals surface area contributed by atoms with Crippen molar-refractivity contribution in [3.63, 3.8) is 0 Å². The number of benzene rings is 1. The molecule has 0 aliphatic carbocycles. The smallest absolute Gasteiger partial charge is 0.220 e. The first-order chi connectivity index (χ1) is 11.0. The third-order valence-electron chi connectivity index (χ3n) is 4.95. The summed E-state index contributed by atoms with van der Waals surface area (Å²) in [6, 6.07) is 8.09. The van der Waals surface area contributed by atoms with E-state index in [1.165, 1.54) is 12.8 Å². The fourth-order valence-electron chi connectivity index (χ4n) is 3.70. The maximum atomic E-state index is 12.4. The quantitative estimate of drug-likeness (QED) is 0.870. The van der Waals surface area contributed by atoms with Gasteiger partial charge in [0.2, 0.25) is 5.91 Å². The topological polar surface area (TPSA) is 50.4 Å². The van der Waals surface area contributed by atoms with Crippen molar-refractivity contribution < 1.29 is 9.53 Å². The van der Waals surface area contributed by atoms with Crippen molar-refractivity contribution in [1.29, 1.82) is 0 Å². The van der Waals surface area contributed by atoms with Gasteiger partial charge in [-0.2, -0.15) is 0 Å². The molecule has 1 saturated heterocycles. The van der Waals surface area contributed by atoms with Gasteiger partial charge >= 0.3 is 0 Å². The SMILES string of the molecule is CC1(C)CC(NC(=O)CCC2CCNCC2)c2ccccc2O1.Cl. The number of piperidine rings is 1. The minimum Gasteiger partial charge on any atom is -0.487 e. The molecule has 5 heteroatoms. The van der Waals surface area contributed by atoms with Gasteiger partial charge in [0.05, 0.1) is 6.04 Å². The fourth-order valence-corrected chi connectivity index (χ4v) is 3.70. The summed E-state index contributed by atoms with van der Waals surface area (Å²) in [7, 11) is 0. The van der Waals surface area contributed by atoms with Crippen LogP contribution < -0.4 is 15.4 Å². The van der Waals surface area contributed by atoms with Gasteiger partial charge in [0.25, 0.3) is 0 Å². The van der Waals surface area contributed by atoms with Crippen LogP contribution in [0.3, 0.4) is 0 Å². The van der Waals surface area contributed by atoms with Crippen molar-refractivity contribution in [1.82, 2.24) is 10.6 Å². The lowest BCUT2D eigenvalue weighted by Crippen LogP contribution is -2.41. The molecule has 1 fully saturated rings. The molecule has 1 atom stereocenters. The molecule has 2 N–H and O–H groups in total. The van der Waals surface area contributed by atoms with Crippen LogP contribution in [-0.4, -0.2) is 24.6 Å². The molecule has 1 unspecified atom stereocenters. The number of hydrogen-bond acceptors (Lipinski definition) is 3. The van der Waals surface area contributed by atoms with Gasteiger partial charge in [-0.3, -0.25) is 4.79 Å². The number of hydrogen-bond donors (Lipinski definition) is 2. The van der Waals surface area contributed by atoms with Crippen molar-refractivity contribution in [3.8, 4) is 5.75 Å². The van der Waals surface area contributed by atoms with E-state index >= 15 is 0 Å². The number of carbonyl (C=O) groups excluding carboxylic acids is 1. The van der Waals surface area contributed by atoms with Gasteiger partial charge in [-0.05, 0) is 58.2 Å². The molecule has 4 nitrogen and oxygen atoms in total. The van der Waals surface area contributed by atoms with Crippen LogP contribution in [0, 0.1) is 5.92 Å². The molecule has 2 aliphatic rings. The van der Waals surface area contributed by atoms with Gasteiger partial charge in [-0.1, -0.05) is 18.2 Å². The van der Waals surface area contributed by atoms with Crippen LogP contribution in [0.1, 0.15) is 57.6 Å². The fraction of sp³-hybridized carbons (Fsp3) is 0.632. The maximum Gasteiger partial charge on any atom is 0.220 e. The normalized spacial score (nSPS) is 22.7. The van der Waals surface area contributed by atoms with E-state index in [-0.39, 0.29) is 30.0 Å². The van der Waals surface area contributed by atoms with E-state index in [1.807, 2.05) is 18.2 Å². The Hall–Kier alpha value is -1.26. The van der Waals surface area contributed by atoms with Crippen molar-refractivity contribution >= 4 is 18.3 Å². The summed E-state index contributed by atoms with van der Waals surface area (Å²) in [6.07, 6.45) is 4.83. The maximum absolute atomic E-state index is 12.4. The number of nitrogens with one attached hydrogen (secondary N) is 2. The highest BCUT2D eigenvalue weighted by atomic mass is 35.5. The van der Waals surface area contributed by atoms with Crippen LogP contribution in [0.25, 0.3) is 0 Å². The van der Waals surface area contributed by atoms with E-state index in [1.54, 1.807) is 0 Å². The monoisotopic (exact) mass is 352 g/mol. The Morgan fingerprint density at radius 3 is 2.75 bits per heavy atom. The Kier molecular flexibility index (Phi) is 6.53. The molecule has 2 heterocycles. The predicted molar refractivity (Wildman–Crippen MR) is 98.7 cm³/mol. The Morgan fingerprint density at radius 1 is 1.29 bits per heavy atom. The largest absolute Gasteiger partial charge is 0.487 e. The third kappa shape index (κ3) is 4.87. The zero-order valence-corrected chi connectivity index (χ0v) is 15.5. The van der Waals surface area contributed by atoms with Crippen LogP contribution in [0.15, 0.2) is 24.3 Å². The van der Waals surface area contributed by atoms with Crippen molar-refractivity contribution in [2.24, 2.45) is 5.92 Å². The first-order valence-electron chi connectivity index (χ1n) is 8.81. The molecule has 3 rings (SSSR count). The summed E-state index contributed by atoms with van der Waals surface area (Å²) >= 11 is 0. The molecule has 0 aromatic heterocycles. The summed E-state index contributed by atoms with van der Waals surface area (Å²) < 4.78 is 6.03. The first-order valence-corrected chi connectivity index (χ1v) is 8.81. The van der Waals surface area contributed by atoms with Gasteiger partial charge in [0, 0.05) is 18.4 Å². The van der Waals surface area contributed by atoms with Crippen molar-refractivity contribution in [2.45, 2.75) is 57.6 Å². The lowest BCUT2D eigenvalue weighted by Gasteiger charge is -2.38. The minimum atomic E-state index is -0.249. The summed E-state index contributed by atoms with van der Waals surface area (Å²) in [4.78, 5) is 12.4. The van der Waals surface area contributed by atoms with Gasteiger partial charge in [0.1, 0.15) is 11.4 Å². The van der Waals surface area contributed by atoms with E-state index in [4.69, 9.17) is 4.74 Å². The molecule has 0 bridgehead atoms. The van der Waals surface area contributed by atoms with Gasteiger partial charge < -0.3 is 15.4 Å². The van der Waals surface area contributed by atoms with Crippen LogP contribution in [0.4, 0.5) is 0 Å². The molecule has 2 aliphatic heterocycles. The molecular weight excluding hydrogens is 324 g/mol. The third-order valence-corrected chi connectivity index (χ3v) is 4.95. The number of ether oxygens (including phenoxy) is 1. The van der Waals surface area contributed by atoms with Crippen molar-refractivity contribution in [3.05, 3.63) is 29.8 Å². The summed E-state index contributed by atoms with van der Waals surface area (Å²) in [6.45, 7) is 6.34. The van der Waals surface area contributed by atoms with Gasteiger partial charge in [-0.25, -0.2) is 0 Å². The zero-order valence-electron chi connectivity index (χ0n) is 14.6.